The summed E-state index contributed by atoms with van der Waals surface area (Å²) in [6.45, 7) is 7.44. The van der Waals surface area contributed by atoms with Crippen LogP contribution in [0.5, 0.6) is 0 Å². The van der Waals surface area contributed by atoms with Crippen molar-refractivity contribution < 1.29 is 0 Å². The van der Waals surface area contributed by atoms with Crippen LogP contribution in [0.3, 0.4) is 0 Å². The lowest BCUT2D eigenvalue weighted by atomic mass is 10.00. The minimum atomic E-state index is 0.385. The van der Waals surface area contributed by atoms with Gasteiger partial charge in [0.2, 0.25) is 0 Å². The zero-order valence-corrected chi connectivity index (χ0v) is 11.2. The number of hydrogen-bond acceptors (Lipinski definition) is 5. The number of nitrogens with one attached hydrogen (secondary N) is 3. The summed E-state index contributed by atoms with van der Waals surface area (Å²) in [4.78, 5) is 8.45. The maximum absolute atomic E-state index is 4.25. The Balaban J connectivity index is 1.84. The quantitative estimate of drug-likeness (QED) is 0.741. The molecule has 0 bridgehead atoms. The molecular formula is C13H23N5. The molecule has 1 fully saturated rings. The molecule has 0 saturated carbocycles. The van der Waals surface area contributed by atoms with Crippen LogP contribution in [0, 0.1) is 5.92 Å². The number of piperidine rings is 1. The van der Waals surface area contributed by atoms with E-state index in [2.05, 4.69) is 39.8 Å². The third-order valence-corrected chi connectivity index (χ3v) is 3.07. The van der Waals surface area contributed by atoms with Gasteiger partial charge >= 0.3 is 0 Å². The fourth-order valence-corrected chi connectivity index (χ4v) is 2.18. The first-order chi connectivity index (χ1) is 8.74. The molecule has 3 N–H and O–H groups in total. The Morgan fingerprint density at radius 2 is 2.22 bits per heavy atom. The highest BCUT2D eigenvalue weighted by molar-refractivity contribution is 5.46. The summed E-state index contributed by atoms with van der Waals surface area (Å²) >= 11 is 0. The standard InChI is InChI=1S/C13H23N5/c1-10(2)18-13-6-12(16-9-17-13)15-8-11-4-3-5-14-7-11/h6,9-11,14H,3-5,7-8H2,1-2H3,(H2,15,16,17,18). The topological polar surface area (TPSA) is 61.9 Å². The zero-order chi connectivity index (χ0) is 12.8. The first kappa shape index (κ1) is 13.1. The third-order valence-electron chi connectivity index (χ3n) is 3.07. The van der Waals surface area contributed by atoms with Crippen molar-refractivity contribution in [2.24, 2.45) is 5.92 Å². The van der Waals surface area contributed by atoms with Gasteiger partial charge in [-0.05, 0) is 45.7 Å². The summed E-state index contributed by atoms with van der Waals surface area (Å²) in [5.74, 6) is 2.48. The van der Waals surface area contributed by atoms with E-state index in [9.17, 15) is 0 Å². The molecule has 2 rings (SSSR count). The minimum Gasteiger partial charge on any atom is -0.370 e. The van der Waals surface area contributed by atoms with Gasteiger partial charge in [0.1, 0.15) is 18.0 Å². The second kappa shape index (κ2) is 6.54. The molecule has 1 atom stereocenters. The predicted octanol–water partition coefficient (Wildman–Crippen LogP) is 1.71. The molecule has 2 heterocycles. The van der Waals surface area contributed by atoms with Gasteiger partial charge in [0, 0.05) is 18.7 Å². The number of anilines is 2. The highest BCUT2D eigenvalue weighted by Crippen LogP contribution is 2.13. The van der Waals surface area contributed by atoms with Gasteiger partial charge in [-0.3, -0.25) is 0 Å². The van der Waals surface area contributed by atoms with Gasteiger partial charge in [-0.1, -0.05) is 0 Å². The van der Waals surface area contributed by atoms with E-state index in [1.807, 2.05) is 6.07 Å². The summed E-state index contributed by atoms with van der Waals surface area (Å²) in [5.41, 5.74) is 0. The Morgan fingerprint density at radius 1 is 1.39 bits per heavy atom. The lowest BCUT2D eigenvalue weighted by Gasteiger charge is -2.23. The second-order valence-electron chi connectivity index (χ2n) is 5.18. The van der Waals surface area contributed by atoms with Crippen LogP contribution in [0.2, 0.25) is 0 Å². The van der Waals surface area contributed by atoms with Crippen molar-refractivity contribution in [1.82, 2.24) is 15.3 Å². The van der Waals surface area contributed by atoms with Crippen LogP contribution in [0.15, 0.2) is 12.4 Å². The van der Waals surface area contributed by atoms with Crippen molar-refractivity contribution in [3.8, 4) is 0 Å². The maximum atomic E-state index is 4.25. The normalized spacial score (nSPS) is 19.8. The van der Waals surface area contributed by atoms with Crippen LogP contribution in [0.25, 0.3) is 0 Å². The van der Waals surface area contributed by atoms with Crippen molar-refractivity contribution in [1.29, 1.82) is 0 Å². The minimum absolute atomic E-state index is 0.385. The largest absolute Gasteiger partial charge is 0.370 e. The Morgan fingerprint density at radius 3 is 2.94 bits per heavy atom. The SMILES string of the molecule is CC(C)Nc1cc(NCC2CCCNC2)ncn1. The van der Waals surface area contributed by atoms with Gasteiger partial charge in [-0.25, -0.2) is 9.97 Å². The van der Waals surface area contributed by atoms with E-state index in [0.717, 1.165) is 31.3 Å². The first-order valence-electron chi connectivity index (χ1n) is 6.77. The van der Waals surface area contributed by atoms with E-state index in [4.69, 9.17) is 0 Å². The fourth-order valence-electron chi connectivity index (χ4n) is 2.18. The van der Waals surface area contributed by atoms with Gasteiger partial charge in [0.25, 0.3) is 0 Å². The van der Waals surface area contributed by atoms with Gasteiger partial charge in [0.15, 0.2) is 0 Å². The number of rotatable bonds is 5. The molecule has 1 aromatic rings. The first-order valence-corrected chi connectivity index (χ1v) is 6.77. The molecule has 1 saturated heterocycles. The molecule has 18 heavy (non-hydrogen) atoms. The highest BCUT2D eigenvalue weighted by atomic mass is 15.1. The molecule has 100 valence electrons. The summed E-state index contributed by atoms with van der Waals surface area (Å²) in [7, 11) is 0. The van der Waals surface area contributed by atoms with Gasteiger partial charge < -0.3 is 16.0 Å². The Hall–Kier alpha value is -1.36. The molecule has 0 aliphatic carbocycles. The van der Waals surface area contributed by atoms with E-state index in [0.29, 0.717) is 12.0 Å². The van der Waals surface area contributed by atoms with Gasteiger partial charge in [-0.15, -0.1) is 0 Å². The van der Waals surface area contributed by atoms with Crippen molar-refractivity contribution in [3.05, 3.63) is 12.4 Å². The second-order valence-corrected chi connectivity index (χ2v) is 5.18. The lowest BCUT2D eigenvalue weighted by molar-refractivity contribution is 0.392. The van der Waals surface area contributed by atoms with Crippen LogP contribution < -0.4 is 16.0 Å². The van der Waals surface area contributed by atoms with Crippen LogP contribution in [0.1, 0.15) is 26.7 Å². The van der Waals surface area contributed by atoms with Crippen LogP contribution in [0.4, 0.5) is 11.6 Å². The summed E-state index contributed by atoms with van der Waals surface area (Å²) < 4.78 is 0. The molecule has 0 spiro atoms. The summed E-state index contributed by atoms with van der Waals surface area (Å²) in [5, 5.41) is 10.1. The summed E-state index contributed by atoms with van der Waals surface area (Å²) in [6.07, 6.45) is 4.17. The molecular weight excluding hydrogens is 226 g/mol. The molecule has 0 aromatic carbocycles. The van der Waals surface area contributed by atoms with Crippen LogP contribution in [-0.4, -0.2) is 35.6 Å². The zero-order valence-electron chi connectivity index (χ0n) is 11.2. The number of hydrogen-bond donors (Lipinski definition) is 3. The van der Waals surface area contributed by atoms with Crippen molar-refractivity contribution in [2.45, 2.75) is 32.7 Å². The number of aromatic nitrogens is 2. The molecule has 0 radical (unpaired) electrons. The summed E-state index contributed by atoms with van der Waals surface area (Å²) in [6, 6.07) is 2.35. The average Bonchev–Trinajstić information content (AvgIpc) is 2.37. The highest BCUT2D eigenvalue weighted by Gasteiger charge is 2.12. The average molecular weight is 249 g/mol. The fraction of sp³-hybridized carbons (Fsp3) is 0.692. The maximum Gasteiger partial charge on any atom is 0.131 e. The lowest BCUT2D eigenvalue weighted by Crippen LogP contribution is -2.33. The van der Waals surface area contributed by atoms with Crippen LogP contribution in [-0.2, 0) is 0 Å². The molecule has 5 heteroatoms. The molecule has 1 aliphatic rings. The Kier molecular flexibility index (Phi) is 4.75. The molecule has 1 unspecified atom stereocenters. The van der Waals surface area contributed by atoms with E-state index in [1.54, 1.807) is 6.33 Å². The monoisotopic (exact) mass is 249 g/mol. The Bertz CT molecular complexity index is 360. The Labute approximate surface area is 109 Å². The molecule has 0 amide bonds. The molecule has 1 aromatic heterocycles. The van der Waals surface area contributed by atoms with Gasteiger partial charge in [-0.2, -0.15) is 0 Å². The van der Waals surface area contributed by atoms with Crippen LogP contribution >= 0.6 is 0 Å². The smallest absolute Gasteiger partial charge is 0.131 e. The van der Waals surface area contributed by atoms with E-state index < -0.39 is 0 Å². The number of nitrogens with zero attached hydrogens (tertiary/aromatic N) is 2. The third kappa shape index (κ3) is 4.14. The van der Waals surface area contributed by atoms with Gasteiger partial charge in [0.05, 0.1) is 0 Å². The molecule has 5 nitrogen and oxygen atoms in total. The van der Waals surface area contributed by atoms with E-state index in [1.165, 1.54) is 12.8 Å². The van der Waals surface area contributed by atoms with E-state index >= 15 is 0 Å². The molecule has 1 aliphatic heterocycles. The van der Waals surface area contributed by atoms with Crippen molar-refractivity contribution in [2.75, 3.05) is 30.3 Å². The predicted molar refractivity (Wildman–Crippen MR) is 74.9 cm³/mol. The van der Waals surface area contributed by atoms with Crippen molar-refractivity contribution >= 4 is 11.6 Å². The van der Waals surface area contributed by atoms with Crippen molar-refractivity contribution in [3.63, 3.8) is 0 Å². The van der Waals surface area contributed by atoms with E-state index in [-0.39, 0.29) is 0 Å².